The minimum atomic E-state index is -0.605. The van der Waals surface area contributed by atoms with E-state index in [1.54, 1.807) is 18.2 Å². The van der Waals surface area contributed by atoms with Crippen LogP contribution in [-0.2, 0) is 19.2 Å². The quantitative estimate of drug-likeness (QED) is 0.433. The molecule has 0 fully saturated rings. The summed E-state index contributed by atoms with van der Waals surface area (Å²) in [5, 5.41) is 8.83. The van der Waals surface area contributed by atoms with Gasteiger partial charge in [-0.25, -0.2) is 0 Å². The molecule has 0 N–H and O–H groups in total. The van der Waals surface area contributed by atoms with Crippen LogP contribution in [0.15, 0.2) is 40.5 Å². The molecule has 10 nitrogen and oxygen atoms in total. The van der Waals surface area contributed by atoms with Crippen LogP contribution in [0.3, 0.4) is 0 Å². The standard InChI is InChI=1S/C26H26N2O8/c1-7-19-13(2)27-28-26(18-8-9-22(33-14(3)29)23(10-18)34-15(4)30)21-12-25(36-17(6)32)24(11-20(19)21)35-16(5)31/h8-12,19H,7H2,1-6H3. The second-order valence-electron chi connectivity index (χ2n) is 8.07. The minimum absolute atomic E-state index is 0.0215. The van der Waals surface area contributed by atoms with Crippen molar-refractivity contribution in [2.45, 2.75) is 53.9 Å². The van der Waals surface area contributed by atoms with E-state index < -0.39 is 23.9 Å². The Bertz CT molecular complexity index is 1310. The predicted octanol–water partition coefficient (Wildman–Crippen LogP) is 4.11. The second-order valence-corrected chi connectivity index (χ2v) is 8.07. The van der Waals surface area contributed by atoms with Crippen LogP contribution in [0.5, 0.6) is 23.0 Å². The van der Waals surface area contributed by atoms with Crippen molar-refractivity contribution in [1.82, 2.24) is 0 Å². The van der Waals surface area contributed by atoms with Gasteiger partial charge < -0.3 is 18.9 Å². The predicted molar refractivity (Wildman–Crippen MR) is 130 cm³/mol. The summed E-state index contributed by atoms with van der Waals surface area (Å²) in [7, 11) is 0. The number of rotatable bonds is 6. The molecule has 0 aromatic heterocycles. The zero-order chi connectivity index (χ0) is 26.6. The first-order valence-electron chi connectivity index (χ1n) is 11.2. The smallest absolute Gasteiger partial charge is 0.308 e. The summed E-state index contributed by atoms with van der Waals surface area (Å²) in [5.41, 5.74) is 2.92. The first-order valence-corrected chi connectivity index (χ1v) is 11.2. The molecule has 2 aromatic carbocycles. The summed E-state index contributed by atoms with van der Waals surface area (Å²) >= 11 is 0. The van der Waals surface area contributed by atoms with Gasteiger partial charge in [0.1, 0.15) is 5.71 Å². The molecule has 0 spiro atoms. The van der Waals surface area contributed by atoms with Gasteiger partial charge in [0.25, 0.3) is 0 Å². The summed E-state index contributed by atoms with van der Waals surface area (Å²) in [4.78, 5) is 46.7. The Kier molecular flexibility index (Phi) is 7.98. The molecule has 1 heterocycles. The topological polar surface area (TPSA) is 130 Å². The van der Waals surface area contributed by atoms with Crippen LogP contribution < -0.4 is 18.9 Å². The maximum absolute atomic E-state index is 11.8. The highest BCUT2D eigenvalue weighted by molar-refractivity contribution is 6.16. The van der Waals surface area contributed by atoms with E-state index in [-0.39, 0.29) is 28.9 Å². The van der Waals surface area contributed by atoms with E-state index in [0.29, 0.717) is 23.3 Å². The zero-order valence-corrected chi connectivity index (χ0v) is 20.8. The Morgan fingerprint density at radius 2 is 1.22 bits per heavy atom. The third kappa shape index (κ3) is 6.01. The van der Waals surface area contributed by atoms with Crippen LogP contribution in [0.2, 0.25) is 0 Å². The molecule has 1 unspecified atom stereocenters. The van der Waals surface area contributed by atoms with Crippen LogP contribution in [0, 0.1) is 0 Å². The van der Waals surface area contributed by atoms with Crippen molar-refractivity contribution < 1.29 is 38.1 Å². The summed E-state index contributed by atoms with van der Waals surface area (Å²) in [6, 6.07) is 7.83. The molecular formula is C26H26N2O8. The lowest BCUT2D eigenvalue weighted by Gasteiger charge is -2.20. The highest BCUT2D eigenvalue weighted by Gasteiger charge is 2.28. The first kappa shape index (κ1) is 26.3. The fourth-order valence-electron chi connectivity index (χ4n) is 3.87. The van der Waals surface area contributed by atoms with Gasteiger partial charge >= 0.3 is 23.9 Å². The number of carbonyl (C=O) groups is 4. The van der Waals surface area contributed by atoms with Crippen LogP contribution in [-0.4, -0.2) is 35.3 Å². The van der Waals surface area contributed by atoms with Gasteiger partial charge in [0.05, 0.1) is 0 Å². The monoisotopic (exact) mass is 494 g/mol. The van der Waals surface area contributed by atoms with Crippen molar-refractivity contribution >= 4 is 35.3 Å². The van der Waals surface area contributed by atoms with E-state index in [1.807, 2.05) is 13.8 Å². The maximum Gasteiger partial charge on any atom is 0.308 e. The average Bonchev–Trinajstić information content (AvgIpc) is 2.89. The lowest BCUT2D eigenvalue weighted by atomic mass is 9.85. The number of fused-ring (bicyclic) bond motifs is 1. The number of hydrogen-bond acceptors (Lipinski definition) is 10. The Balaban J connectivity index is 2.27. The van der Waals surface area contributed by atoms with E-state index in [4.69, 9.17) is 18.9 Å². The molecule has 0 aliphatic carbocycles. The van der Waals surface area contributed by atoms with Crippen molar-refractivity contribution in [1.29, 1.82) is 0 Å². The molecule has 1 atom stereocenters. The van der Waals surface area contributed by atoms with Gasteiger partial charge in [0.2, 0.25) is 0 Å². The molecule has 0 saturated carbocycles. The normalized spacial score (nSPS) is 14.4. The number of carbonyl (C=O) groups excluding carboxylic acids is 4. The Hall–Kier alpha value is -4.34. The number of hydrogen-bond donors (Lipinski definition) is 0. The van der Waals surface area contributed by atoms with Crippen molar-refractivity contribution in [3.63, 3.8) is 0 Å². The van der Waals surface area contributed by atoms with Crippen molar-refractivity contribution in [2.24, 2.45) is 10.2 Å². The summed E-state index contributed by atoms with van der Waals surface area (Å²) in [5.74, 6) is -2.31. The van der Waals surface area contributed by atoms with Gasteiger partial charge in [0.15, 0.2) is 23.0 Å². The Morgan fingerprint density at radius 3 is 1.75 bits per heavy atom. The summed E-state index contributed by atoms with van der Waals surface area (Å²) in [6.07, 6.45) is 0.668. The third-order valence-electron chi connectivity index (χ3n) is 5.20. The fraction of sp³-hybridized carbons (Fsp3) is 0.308. The summed E-state index contributed by atoms with van der Waals surface area (Å²) in [6.45, 7) is 8.77. The molecule has 1 aliphatic rings. The van der Waals surface area contributed by atoms with E-state index in [0.717, 1.165) is 11.3 Å². The van der Waals surface area contributed by atoms with Crippen LogP contribution in [0.1, 0.15) is 70.6 Å². The van der Waals surface area contributed by atoms with Crippen LogP contribution >= 0.6 is 0 Å². The van der Waals surface area contributed by atoms with Crippen LogP contribution in [0.4, 0.5) is 0 Å². The molecule has 2 aromatic rings. The minimum Gasteiger partial charge on any atom is -0.423 e. The Morgan fingerprint density at radius 1 is 0.722 bits per heavy atom. The highest BCUT2D eigenvalue weighted by Crippen LogP contribution is 2.39. The molecule has 188 valence electrons. The number of ether oxygens (including phenoxy) is 4. The molecule has 3 rings (SSSR count). The van der Waals surface area contributed by atoms with Gasteiger partial charge in [-0.3, -0.25) is 19.2 Å². The van der Waals surface area contributed by atoms with Gasteiger partial charge in [-0.2, -0.15) is 5.10 Å². The zero-order valence-electron chi connectivity index (χ0n) is 20.8. The van der Waals surface area contributed by atoms with Gasteiger partial charge in [0, 0.05) is 50.5 Å². The maximum atomic E-state index is 11.8. The van der Waals surface area contributed by atoms with Crippen LogP contribution in [0.25, 0.3) is 0 Å². The molecule has 1 aliphatic heterocycles. The van der Waals surface area contributed by atoms with E-state index >= 15 is 0 Å². The molecule has 0 saturated heterocycles. The number of benzene rings is 2. The second kappa shape index (κ2) is 10.9. The molecule has 0 amide bonds. The SMILES string of the molecule is CCC1C(C)=NN=C(c2ccc(OC(C)=O)c(OC(C)=O)c2)c2cc(OC(C)=O)c(OC(C)=O)cc21. The van der Waals surface area contributed by atoms with Gasteiger partial charge in [-0.1, -0.05) is 6.92 Å². The van der Waals surface area contributed by atoms with E-state index in [9.17, 15) is 19.2 Å². The molecule has 36 heavy (non-hydrogen) atoms. The first-order chi connectivity index (χ1) is 17.0. The van der Waals surface area contributed by atoms with Crippen molar-refractivity contribution in [3.05, 3.63) is 47.0 Å². The van der Waals surface area contributed by atoms with E-state index in [2.05, 4.69) is 10.2 Å². The average molecular weight is 495 g/mol. The molecular weight excluding hydrogens is 468 g/mol. The lowest BCUT2D eigenvalue weighted by Crippen LogP contribution is -2.15. The number of esters is 4. The summed E-state index contributed by atoms with van der Waals surface area (Å²) < 4.78 is 21.1. The van der Waals surface area contributed by atoms with Crippen molar-refractivity contribution in [3.8, 4) is 23.0 Å². The van der Waals surface area contributed by atoms with Gasteiger partial charge in [-0.15, -0.1) is 5.10 Å². The van der Waals surface area contributed by atoms with E-state index in [1.165, 1.54) is 39.8 Å². The largest absolute Gasteiger partial charge is 0.423 e. The molecule has 0 radical (unpaired) electrons. The highest BCUT2D eigenvalue weighted by atomic mass is 16.6. The Labute approximate surface area is 207 Å². The molecule has 10 heteroatoms. The third-order valence-corrected chi connectivity index (χ3v) is 5.20. The molecule has 0 bridgehead atoms. The lowest BCUT2D eigenvalue weighted by molar-refractivity contribution is -0.134. The fourth-order valence-corrected chi connectivity index (χ4v) is 3.87. The van der Waals surface area contributed by atoms with Crippen molar-refractivity contribution in [2.75, 3.05) is 0 Å². The van der Waals surface area contributed by atoms with Gasteiger partial charge in [-0.05, 0) is 49.2 Å². The number of nitrogens with zero attached hydrogens (tertiary/aromatic N) is 2.